The van der Waals surface area contributed by atoms with Crippen LogP contribution in [-0.2, 0) is 9.47 Å². The molecule has 1 aliphatic heterocycles. The smallest absolute Gasteiger partial charge is 0.230 e. The monoisotopic (exact) mass is 163 g/mol. The lowest BCUT2D eigenvalue weighted by Gasteiger charge is -2.03. The molecule has 62 valence electrons. The van der Waals surface area contributed by atoms with Crippen LogP contribution in [0.3, 0.4) is 0 Å². The summed E-state index contributed by atoms with van der Waals surface area (Å²) in [5.41, 5.74) is 7.31. The Hall–Kier alpha value is -1.64. The number of anilines is 1. The van der Waals surface area contributed by atoms with Gasteiger partial charge < -0.3 is 15.2 Å². The highest BCUT2D eigenvalue weighted by Crippen LogP contribution is 2.24. The molecule has 0 bridgehead atoms. The maximum absolute atomic E-state index is 5.72. The van der Waals surface area contributed by atoms with Crippen molar-refractivity contribution in [2.45, 2.75) is 0 Å². The molecule has 0 aromatic heterocycles. The van der Waals surface area contributed by atoms with Crippen molar-refractivity contribution in [3.63, 3.8) is 0 Å². The minimum Gasteiger partial charge on any atom is -0.461 e. The first-order valence-corrected chi connectivity index (χ1v) is 3.67. The summed E-state index contributed by atoms with van der Waals surface area (Å²) in [6.45, 7) is 0.281. The molecular formula is C9H9NO2. The summed E-state index contributed by atoms with van der Waals surface area (Å²) < 4.78 is 10.1. The summed E-state index contributed by atoms with van der Waals surface area (Å²) >= 11 is 0. The van der Waals surface area contributed by atoms with Gasteiger partial charge in [0.15, 0.2) is 5.76 Å². The SMILES string of the molecule is Nc1ccccc1C1=COCO1. The van der Waals surface area contributed by atoms with Crippen molar-refractivity contribution in [1.82, 2.24) is 0 Å². The fourth-order valence-electron chi connectivity index (χ4n) is 1.10. The predicted octanol–water partition coefficient (Wildman–Crippen LogP) is 1.57. The van der Waals surface area contributed by atoms with E-state index >= 15 is 0 Å². The number of rotatable bonds is 1. The van der Waals surface area contributed by atoms with Gasteiger partial charge in [-0.1, -0.05) is 12.1 Å². The zero-order chi connectivity index (χ0) is 8.39. The fraction of sp³-hybridized carbons (Fsp3) is 0.111. The molecule has 1 heterocycles. The normalized spacial score (nSPS) is 14.8. The molecular weight excluding hydrogens is 154 g/mol. The van der Waals surface area contributed by atoms with Crippen LogP contribution in [-0.4, -0.2) is 6.79 Å². The summed E-state index contributed by atoms with van der Waals surface area (Å²) in [5, 5.41) is 0. The number of ether oxygens (including phenoxy) is 2. The molecule has 0 spiro atoms. The number of nitrogen functional groups attached to an aromatic ring is 1. The first-order chi connectivity index (χ1) is 5.88. The van der Waals surface area contributed by atoms with E-state index in [0.717, 1.165) is 5.56 Å². The Labute approximate surface area is 70.4 Å². The van der Waals surface area contributed by atoms with E-state index in [1.165, 1.54) is 0 Å². The lowest BCUT2D eigenvalue weighted by atomic mass is 10.1. The molecule has 12 heavy (non-hydrogen) atoms. The van der Waals surface area contributed by atoms with Crippen LogP contribution in [0.4, 0.5) is 5.69 Å². The molecule has 1 aliphatic rings. The van der Waals surface area contributed by atoms with Gasteiger partial charge in [0.05, 0.1) is 0 Å². The fourth-order valence-corrected chi connectivity index (χ4v) is 1.10. The van der Waals surface area contributed by atoms with Crippen LogP contribution < -0.4 is 5.73 Å². The Morgan fingerprint density at radius 2 is 2.08 bits per heavy atom. The Bertz CT molecular complexity index is 320. The third kappa shape index (κ3) is 1.09. The molecule has 0 fully saturated rings. The number of hydrogen-bond acceptors (Lipinski definition) is 3. The maximum atomic E-state index is 5.72. The van der Waals surface area contributed by atoms with Gasteiger partial charge in [-0.15, -0.1) is 0 Å². The molecule has 3 heteroatoms. The Morgan fingerprint density at radius 3 is 2.75 bits per heavy atom. The summed E-state index contributed by atoms with van der Waals surface area (Å²) in [7, 11) is 0. The Balaban J connectivity index is 2.39. The molecule has 0 saturated heterocycles. The number of benzene rings is 1. The lowest BCUT2D eigenvalue weighted by Crippen LogP contribution is -1.93. The zero-order valence-corrected chi connectivity index (χ0v) is 6.49. The van der Waals surface area contributed by atoms with E-state index in [9.17, 15) is 0 Å². The molecule has 2 rings (SSSR count). The minimum atomic E-state index is 0.281. The van der Waals surface area contributed by atoms with Crippen molar-refractivity contribution < 1.29 is 9.47 Å². The third-order valence-corrected chi connectivity index (χ3v) is 1.70. The van der Waals surface area contributed by atoms with Crippen molar-refractivity contribution >= 4 is 11.4 Å². The molecule has 1 aromatic carbocycles. The van der Waals surface area contributed by atoms with Crippen LogP contribution in [0, 0.1) is 0 Å². The first-order valence-electron chi connectivity index (χ1n) is 3.67. The Kier molecular flexibility index (Phi) is 1.63. The third-order valence-electron chi connectivity index (χ3n) is 1.70. The molecule has 0 aliphatic carbocycles. The van der Waals surface area contributed by atoms with Gasteiger partial charge in [-0.2, -0.15) is 0 Å². The minimum absolute atomic E-state index is 0.281. The van der Waals surface area contributed by atoms with E-state index in [2.05, 4.69) is 0 Å². The van der Waals surface area contributed by atoms with Gasteiger partial charge in [0.2, 0.25) is 6.79 Å². The molecule has 0 unspecified atom stereocenters. The van der Waals surface area contributed by atoms with Crippen LogP contribution in [0.25, 0.3) is 5.76 Å². The highest BCUT2D eigenvalue weighted by molar-refractivity contribution is 5.70. The van der Waals surface area contributed by atoms with Gasteiger partial charge in [-0.3, -0.25) is 0 Å². The van der Waals surface area contributed by atoms with Gasteiger partial charge in [0, 0.05) is 11.3 Å². The van der Waals surface area contributed by atoms with E-state index in [0.29, 0.717) is 11.4 Å². The number of para-hydroxylation sites is 1. The van der Waals surface area contributed by atoms with Gasteiger partial charge in [0.25, 0.3) is 0 Å². The maximum Gasteiger partial charge on any atom is 0.230 e. The van der Waals surface area contributed by atoms with Gasteiger partial charge in [0.1, 0.15) is 6.26 Å². The first kappa shape index (κ1) is 7.03. The molecule has 2 N–H and O–H groups in total. The summed E-state index contributed by atoms with van der Waals surface area (Å²) in [5.74, 6) is 0.702. The average Bonchev–Trinajstić information content (AvgIpc) is 2.57. The molecule has 0 saturated carbocycles. The summed E-state index contributed by atoms with van der Waals surface area (Å²) in [4.78, 5) is 0. The molecule has 0 radical (unpaired) electrons. The average molecular weight is 163 g/mol. The van der Waals surface area contributed by atoms with Gasteiger partial charge >= 0.3 is 0 Å². The molecule has 0 atom stereocenters. The number of nitrogens with two attached hydrogens (primary N) is 1. The summed E-state index contributed by atoms with van der Waals surface area (Å²) in [6.07, 6.45) is 1.58. The van der Waals surface area contributed by atoms with E-state index in [-0.39, 0.29) is 6.79 Å². The van der Waals surface area contributed by atoms with Crippen molar-refractivity contribution in [2.24, 2.45) is 0 Å². The van der Waals surface area contributed by atoms with Gasteiger partial charge in [-0.25, -0.2) is 0 Å². The number of hydrogen-bond donors (Lipinski definition) is 1. The Morgan fingerprint density at radius 1 is 1.25 bits per heavy atom. The van der Waals surface area contributed by atoms with Crippen LogP contribution in [0.15, 0.2) is 30.5 Å². The van der Waals surface area contributed by atoms with Gasteiger partial charge in [-0.05, 0) is 12.1 Å². The van der Waals surface area contributed by atoms with Crippen molar-refractivity contribution in [3.05, 3.63) is 36.1 Å². The molecule has 0 amide bonds. The van der Waals surface area contributed by atoms with Crippen molar-refractivity contribution in [2.75, 3.05) is 12.5 Å². The quantitative estimate of drug-likeness (QED) is 0.639. The second-order valence-corrected chi connectivity index (χ2v) is 2.50. The zero-order valence-electron chi connectivity index (χ0n) is 6.49. The standard InChI is InChI=1S/C9H9NO2/c10-8-4-2-1-3-7(8)9-5-11-6-12-9/h1-5H,6,10H2. The van der Waals surface area contributed by atoms with E-state index in [1.54, 1.807) is 6.26 Å². The van der Waals surface area contributed by atoms with Crippen LogP contribution in [0.1, 0.15) is 5.56 Å². The topological polar surface area (TPSA) is 44.5 Å². The largest absolute Gasteiger partial charge is 0.461 e. The van der Waals surface area contributed by atoms with Crippen LogP contribution >= 0.6 is 0 Å². The van der Waals surface area contributed by atoms with Crippen LogP contribution in [0.2, 0.25) is 0 Å². The van der Waals surface area contributed by atoms with E-state index in [1.807, 2.05) is 24.3 Å². The second-order valence-electron chi connectivity index (χ2n) is 2.50. The van der Waals surface area contributed by atoms with E-state index in [4.69, 9.17) is 15.2 Å². The predicted molar refractivity (Wildman–Crippen MR) is 45.9 cm³/mol. The van der Waals surface area contributed by atoms with E-state index < -0.39 is 0 Å². The molecule has 3 nitrogen and oxygen atoms in total. The highest BCUT2D eigenvalue weighted by atomic mass is 16.7. The van der Waals surface area contributed by atoms with Crippen molar-refractivity contribution in [3.8, 4) is 0 Å². The second kappa shape index (κ2) is 2.77. The van der Waals surface area contributed by atoms with Crippen LogP contribution in [0.5, 0.6) is 0 Å². The molecule has 1 aromatic rings. The highest BCUT2D eigenvalue weighted by Gasteiger charge is 2.10. The summed E-state index contributed by atoms with van der Waals surface area (Å²) in [6, 6.07) is 7.52. The van der Waals surface area contributed by atoms with Crippen molar-refractivity contribution in [1.29, 1.82) is 0 Å². The lowest BCUT2D eigenvalue weighted by molar-refractivity contribution is 0.101.